The maximum Gasteiger partial charge on any atom is 0.329 e. The first-order valence-electron chi connectivity index (χ1n) is 7.65. The molecule has 0 atom stereocenters. The van der Waals surface area contributed by atoms with Gasteiger partial charge in [0.15, 0.2) is 0 Å². The lowest BCUT2D eigenvalue weighted by Crippen LogP contribution is -2.44. The Hall–Kier alpha value is -2.90. The number of aliphatic carboxylic acids is 1. The molecular weight excluding hydrogens is 314 g/mol. The minimum absolute atomic E-state index is 0.0941. The Morgan fingerprint density at radius 3 is 2.58 bits per heavy atom. The van der Waals surface area contributed by atoms with E-state index in [0.29, 0.717) is 24.2 Å². The number of hydrogen-bond acceptors (Lipinski definition) is 4. The van der Waals surface area contributed by atoms with Crippen LogP contribution in [-0.2, 0) is 19.2 Å². The van der Waals surface area contributed by atoms with Crippen molar-refractivity contribution in [3.63, 3.8) is 0 Å². The second-order valence-corrected chi connectivity index (χ2v) is 5.98. The molecule has 0 spiro atoms. The number of carbonyl (C=O) groups is 4. The Morgan fingerprint density at radius 2 is 1.92 bits per heavy atom. The zero-order valence-corrected chi connectivity index (χ0v) is 12.9. The molecule has 1 fully saturated rings. The summed E-state index contributed by atoms with van der Waals surface area (Å²) in [5.74, 6) is -2.18. The molecule has 1 aromatic carbocycles. The first kappa shape index (κ1) is 16.0. The van der Waals surface area contributed by atoms with Gasteiger partial charge >= 0.3 is 5.97 Å². The Bertz CT molecular complexity index is 726. The van der Waals surface area contributed by atoms with E-state index in [0.717, 1.165) is 0 Å². The third kappa shape index (κ3) is 3.08. The SMILES string of the molecule is O=C1CN(C(=O)CCC(=O)NC2(C(=O)O)CC2)c2ccccc2N1. The summed E-state index contributed by atoms with van der Waals surface area (Å²) < 4.78 is 0. The lowest BCUT2D eigenvalue weighted by atomic mass is 10.1. The van der Waals surface area contributed by atoms with Crippen LogP contribution in [0.5, 0.6) is 0 Å². The molecule has 3 N–H and O–H groups in total. The van der Waals surface area contributed by atoms with Gasteiger partial charge < -0.3 is 20.6 Å². The van der Waals surface area contributed by atoms with Crippen LogP contribution in [0.3, 0.4) is 0 Å². The fraction of sp³-hybridized carbons (Fsp3) is 0.375. The normalized spacial score (nSPS) is 17.5. The second-order valence-electron chi connectivity index (χ2n) is 5.98. The third-order valence-corrected chi connectivity index (χ3v) is 4.18. The van der Waals surface area contributed by atoms with Crippen LogP contribution >= 0.6 is 0 Å². The summed E-state index contributed by atoms with van der Waals surface area (Å²) in [5, 5.41) is 14.2. The van der Waals surface area contributed by atoms with Gasteiger partial charge in [0.05, 0.1) is 11.4 Å². The van der Waals surface area contributed by atoms with Gasteiger partial charge in [-0.1, -0.05) is 12.1 Å². The molecule has 0 radical (unpaired) electrons. The predicted molar refractivity (Wildman–Crippen MR) is 84.4 cm³/mol. The number of carboxylic acid groups (broad SMARTS) is 1. The summed E-state index contributed by atoms with van der Waals surface area (Å²) in [7, 11) is 0. The van der Waals surface area contributed by atoms with E-state index in [2.05, 4.69) is 10.6 Å². The van der Waals surface area contributed by atoms with E-state index in [4.69, 9.17) is 5.11 Å². The predicted octanol–water partition coefficient (Wildman–Crippen LogP) is 0.485. The summed E-state index contributed by atoms with van der Waals surface area (Å²) >= 11 is 0. The number of fused-ring (bicyclic) bond motifs is 1. The summed E-state index contributed by atoms with van der Waals surface area (Å²) in [6.45, 7) is -0.101. The molecule has 0 saturated heterocycles. The molecule has 1 aromatic rings. The van der Waals surface area contributed by atoms with Gasteiger partial charge in [-0.2, -0.15) is 0 Å². The lowest BCUT2D eigenvalue weighted by Gasteiger charge is -2.29. The molecule has 24 heavy (non-hydrogen) atoms. The molecule has 0 aromatic heterocycles. The van der Waals surface area contributed by atoms with Crippen molar-refractivity contribution >= 4 is 35.1 Å². The van der Waals surface area contributed by atoms with Crippen LogP contribution in [0.4, 0.5) is 11.4 Å². The van der Waals surface area contributed by atoms with E-state index in [9.17, 15) is 19.2 Å². The van der Waals surface area contributed by atoms with E-state index in [1.165, 1.54) is 4.90 Å². The highest BCUT2D eigenvalue weighted by Gasteiger charge is 2.51. The van der Waals surface area contributed by atoms with Gasteiger partial charge in [-0.25, -0.2) is 4.79 Å². The molecule has 3 rings (SSSR count). The number of rotatable bonds is 5. The van der Waals surface area contributed by atoms with Crippen molar-refractivity contribution in [3.8, 4) is 0 Å². The van der Waals surface area contributed by atoms with Crippen molar-refractivity contribution in [2.24, 2.45) is 0 Å². The van der Waals surface area contributed by atoms with Gasteiger partial charge in [0.2, 0.25) is 17.7 Å². The number of anilines is 2. The largest absolute Gasteiger partial charge is 0.480 e. The maximum atomic E-state index is 12.4. The average Bonchev–Trinajstić information content (AvgIpc) is 3.32. The molecule has 1 heterocycles. The highest BCUT2D eigenvalue weighted by Crippen LogP contribution is 2.35. The molecule has 126 valence electrons. The van der Waals surface area contributed by atoms with Crippen LogP contribution in [0.25, 0.3) is 0 Å². The molecule has 8 heteroatoms. The zero-order valence-electron chi connectivity index (χ0n) is 12.9. The van der Waals surface area contributed by atoms with Gasteiger partial charge in [0.25, 0.3) is 0 Å². The second kappa shape index (κ2) is 5.95. The van der Waals surface area contributed by atoms with Gasteiger partial charge in [-0.05, 0) is 25.0 Å². The van der Waals surface area contributed by atoms with E-state index in [1.807, 2.05) is 0 Å². The standard InChI is InChI=1S/C16H17N3O5/c20-12(18-16(7-8-16)15(23)24)5-6-14(22)19-9-13(21)17-10-3-1-2-4-11(10)19/h1-4H,5-9H2,(H,17,21)(H,18,20)(H,23,24). The fourth-order valence-corrected chi connectivity index (χ4v) is 2.66. The third-order valence-electron chi connectivity index (χ3n) is 4.18. The maximum absolute atomic E-state index is 12.4. The van der Waals surface area contributed by atoms with E-state index in [1.54, 1.807) is 24.3 Å². The first-order chi connectivity index (χ1) is 11.4. The van der Waals surface area contributed by atoms with Crippen molar-refractivity contribution in [1.29, 1.82) is 0 Å². The number of nitrogens with one attached hydrogen (secondary N) is 2. The van der Waals surface area contributed by atoms with Crippen LogP contribution < -0.4 is 15.5 Å². The van der Waals surface area contributed by atoms with E-state index >= 15 is 0 Å². The molecule has 1 saturated carbocycles. The molecule has 8 nitrogen and oxygen atoms in total. The molecule has 1 aliphatic carbocycles. The van der Waals surface area contributed by atoms with Crippen LogP contribution in [0.1, 0.15) is 25.7 Å². The number of benzene rings is 1. The number of nitrogens with zero attached hydrogens (tertiary/aromatic N) is 1. The summed E-state index contributed by atoms with van der Waals surface area (Å²) in [5.41, 5.74) is -0.0151. The minimum Gasteiger partial charge on any atom is -0.480 e. The molecule has 0 bridgehead atoms. The van der Waals surface area contributed by atoms with E-state index in [-0.39, 0.29) is 31.2 Å². The van der Waals surface area contributed by atoms with Crippen LogP contribution in [0.15, 0.2) is 24.3 Å². The van der Waals surface area contributed by atoms with Crippen LogP contribution in [0.2, 0.25) is 0 Å². The lowest BCUT2D eigenvalue weighted by molar-refractivity contribution is -0.143. The first-order valence-corrected chi connectivity index (χ1v) is 7.65. The highest BCUT2D eigenvalue weighted by atomic mass is 16.4. The molecule has 1 aliphatic heterocycles. The van der Waals surface area contributed by atoms with Crippen molar-refractivity contribution in [1.82, 2.24) is 5.32 Å². The quantitative estimate of drug-likeness (QED) is 0.726. The van der Waals surface area contributed by atoms with Gasteiger partial charge in [-0.3, -0.25) is 14.4 Å². The van der Waals surface area contributed by atoms with E-state index < -0.39 is 17.4 Å². The number of hydrogen-bond donors (Lipinski definition) is 3. The Labute approximate surface area is 137 Å². The summed E-state index contributed by atoms with van der Waals surface area (Å²) in [6, 6.07) is 6.92. The Morgan fingerprint density at radius 1 is 1.21 bits per heavy atom. The van der Waals surface area contributed by atoms with Crippen molar-refractivity contribution in [2.45, 2.75) is 31.2 Å². The molecule has 3 amide bonds. The molecular formula is C16H17N3O5. The topological polar surface area (TPSA) is 116 Å². The van der Waals surface area contributed by atoms with Crippen molar-refractivity contribution < 1.29 is 24.3 Å². The fourth-order valence-electron chi connectivity index (χ4n) is 2.66. The smallest absolute Gasteiger partial charge is 0.329 e. The van der Waals surface area contributed by atoms with Gasteiger partial charge in [0, 0.05) is 12.8 Å². The Kier molecular flexibility index (Phi) is 3.96. The number of carbonyl (C=O) groups excluding carboxylic acids is 3. The monoisotopic (exact) mass is 331 g/mol. The molecule has 0 unspecified atom stereocenters. The number of para-hydroxylation sites is 2. The average molecular weight is 331 g/mol. The van der Waals surface area contributed by atoms with Crippen molar-refractivity contribution in [3.05, 3.63) is 24.3 Å². The molecule has 2 aliphatic rings. The number of carboxylic acids is 1. The van der Waals surface area contributed by atoms with Crippen LogP contribution in [0, 0.1) is 0 Å². The Balaban J connectivity index is 1.60. The highest BCUT2D eigenvalue weighted by molar-refractivity contribution is 6.10. The summed E-state index contributed by atoms with van der Waals surface area (Å²) in [4.78, 5) is 48.3. The van der Waals surface area contributed by atoms with Crippen molar-refractivity contribution in [2.75, 3.05) is 16.8 Å². The summed E-state index contributed by atoms with van der Waals surface area (Å²) in [6.07, 6.45) is 0.598. The van der Waals surface area contributed by atoms with Gasteiger partial charge in [-0.15, -0.1) is 0 Å². The number of amides is 3. The van der Waals surface area contributed by atoms with Gasteiger partial charge in [0.1, 0.15) is 12.1 Å². The zero-order chi connectivity index (χ0) is 17.3. The minimum atomic E-state index is -1.16. The van der Waals surface area contributed by atoms with Crippen LogP contribution in [-0.4, -0.2) is 40.9 Å².